The van der Waals surface area contributed by atoms with E-state index in [4.69, 9.17) is 9.97 Å². The third-order valence-corrected chi connectivity index (χ3v) is 6.51. The maximum atomic E-state index is 13.1. The first-order valence-electron chi connectivity index (χ1n) is 10.8. The number of nitrogens with zero attached hydrogens (tertiary/aromatic N) is 4. The maximum absolute atomic E-state index is 13.1. The van der Waals surface area contributed by atoms with Crippen LogP contribution in [-0.4, -0.2) is 38.4 Å². The highest BCUT2D eigenvalue weighted by atomic mass is 16.2. The highest BCUT2D eigenvalue weighted by Gasteiger charge is 2.31. The molecule has 29 heavy (non-hydrogen) atoms. The minimum Gasteiger partial charge on any atom is -0.337 e. The van der Waals surface area contributed by atoms with Crippen molar-refractivity contribution in [2.24, 2.45) is 5.92 Å². The molecule has 0 bridgehead atoms. The van der Waals surface area contributed by atoms with Gasteiger partial charge in [-0.15, -0.1) is 0 Å². The summed E-state index contributed by atoms with van der Waals surface area (Å²) in [6, 6.07) is 6.23. The van der Waals surface area contributed by atoms with Gasteiger partial charge in [0, 0.05) is 55.5 Å². The van der Waals surface area contributed by atoms with Crippen molar-refractivity contribution in [2.75, 3.05) is 13.1 Å². The first-order chi connectivity index (χ1) is 14.2. The summed E-state index contributed by atoms with van der Waals surface area (Å²) < 4.78 is 2.17. The Hall–Kier alpha value is -2.69. The summed E-state index contributed by atoms with van der Waals surface area (Å²) in [5.74, 6) is 1.98. The molecule has 150 valence electrons. The summed E-state index contributed by atoms with van der Waals surface area (Å²) in [6.07, 6.45) is 14.1. The van der Waals surface area contributed by atoms with Crippen LogP contribution in [0.5, 0.6) is 0 Å². The minimum atomic E-state index is 0.0834. The average Bonchev–Trinajstić information content (AvgIpc) is 3.41. The number of allylic oxidation sites excluding steroid dienone is 3. The van der Waals surface area contributed by atoms with Crippen molar-refractivity contribution in [1.82, 2.24) is 19.4 Å². The highest BCUT2D eigenvalue weighted by molar-refractivity contribution is 5.92. The molecule has 0 saturated carbocycles. The van der Waals surface area contributed by atoms with Gasteiger partial charge in [0.1, 0.15) is 11.5 Å². The number of aromatic nitrogens is 3. The van der Waals surface area contributed by atoms with Crippen molar-refractivity contribution >= 4 is 5.91 Å². The van der Waals surface area contributed by atoms with Gasteiger partial charge in [-0.05, 0) is 50.3 Å². The molecule has 2 aromatic heterocycles. The number of imidazole rings is 1. The lowest BCUT2D eigenvalue weighted by molar-refractivity contribution is 0.0783. The van der Waals surface area contributed by atoms with Crippen LogP contribution in [0.25, 0.3) is 0 Å². The number of likely N-dealkylation sites (tertiary alicyclic amines) is 1. The lowest BCUT2D eigenvalue weighted by atomic mass is 9.93. The van der Waals surface area contributed by atoms with Gasteiger partial charge in [0.25, 0.3) is 5.91 Å². The summed E-state index contributed by atoms with van der Waals surface area (Å²) in [4.78, 5) is 24.5. The second-order valence-electron chi connectivity index (χ2n) is 8.55. The van der Waals surface area contributed by atoms with E-state index in [2.05, 4.69) is 34.9 Å². The van der Waals surface area contributed by atoms with E-state index >= 15 is 0 Å². The molecule has 2 aliphatic heterocycles. The van der Waals surface area contributed by atoms with Crippen LogP contribution in [0, 0.1) is 12.8 Å². The SMILES string of the molecule is Cc1cccc(C2CCc3nc(C(=O)N4CCC(C5=CCCC=C5)C4)cn3C2)n1. The van der Waals surface area contributed by atoms with Crippen molar-refractivity contribution in [3.05, 3.63) is 71.1 Å². The van der Waals surface area contributed by atoms with Gasteiger partial charge in [0.15, 0.2) is 0 Å². The normalized spacial score (nSPS) is 23.8. The maximum Gasteiger partial charge on any atom is 0.274 e. The monoisotopic (exact) mass is 388 g/mol. The van der Waals surface area contributed by atoms with Gasteiger partial charge >= 0.3 is 0 Å². The number of rotatable bonds is 3. The predicted molar refractivity (Wildman–Crippen MR) is 113 cm³/mol. The molecule has 1 amide bonds. The van der Waals surface area contributed by atoms with Crippen molar-refractivity contribution in [2.45, 2.75) is 51.5 Å². The van der Waals surface area contributed by atoms with Gasteiger partial charge < -0.3 is 9.47 Å². The van der Waals surface area contributed by atoms with Crippen LogP contribution in [0.15, 0.2) is 48.2 Å². The van der Waals surface area contributed by atoms with E-state index in [1.807, 2.05) is 24.1 Å². The topological polar surface area (TPSA) is 51.0 Å². The van der Waals surface area contributed by atoms with E-state index in [-0.39, 0.29) is 5.91 Å². The van der Waals surface area contributed by atoms with Crippen LogP contribution in [0.2, 0.25) is 0 Å². The van der Waals surface area contributed by atoms with E-state index in [0.717, 1.165) is 69.0 Å². The molecule has 1 aliphatic carbocycles. The van der Waals surface area contributed by atoms with Crippen molar-refractivity contribution in [1.29, 1.82) is 0 Å². The zero-order valence-electron chi connectivity index (χ0n) is 17.1. The minimum absolute atomic E-state index is 0.0834. The average molecular weight is 389 g/mol. The van der Waals surface area contributed by atoms with Crippen LogP contribution in [-0.2, 0) is 13.0 Å². The van der Waals surface area contributed by atoms with Gasteiger partial charge in [-0.3, -0.25) is 9.78 Å². The number of hydrogen-bond donors (Lipinski definition) is 0. The third-order valence-electron chi connectivity index (χ3n) is 6.51. The lowest BCUT2D eigenvalue weighted by Gasteiger charge is -2.23. The quantitative estimate of drug-likeness (QED) is 0.797. The van der Waals surface area contributed by atoms with Gasteiger partial charge in [-0.25, -0.2) is 4.98 Å². The van der Waals surface area contributed by atoms with E-state index in [1.54, 1.807) is 0 Å². The molecule has 0 spiro atoms. The molecule has 1 saturated heterocycles. The number of carbonyl (C=O) groups excluding carboxylic acids is 1. The Morgan fingerprint density at radius 3 is 2.86 bits per heavy atom. The Morgan fingerprint density at radius 1 is 1.10 bits per heavy atom. The summed E-state index contributed by atoms with van der Waals surface area (Å²) >= 11 is 0. The van der Waals surface area contributed by atoms with Crippen LogP contribution < -0.4 is 0 Å². The number of pyridine rings is 1. The summed E-state index contributed by atoms with van der Waals surface area (Å²) in [5, 5.41) is 0. The number of aryl methyl sites for hydroxylation is 2. The van der Waals surface area contributed by atoms with Crippen molar-refractivity contribution < 1.29 is 4.79 Å². The molecule has 4 heterocycles. The number of carbonyl (C=O) groups is 1. The number of hydrogen-bond acceptors (Lipinski definition) is 3. The fraction of sp³-hybridized carbons (Fsp3) is 0.458. The zero-order valence-corrected chi connectivity index (χ0v) is 17.1. The summed E-state index contributed by atoms with van der Waals surface area (Å²) in [6.45, 7) is 4.53. The Morgan fingerprint density at radius 2 is 2.03 bits per heavy atom. The smallest absolute Gasteiger partial charge is 0.274 e. The standard InChI is InChI=1S/C24H28N4O/c1-17-6-5-9-21(25-17)20-10-11-23-26-22(16-28(23)15-20)24(29)27-13-12-19(14-27)18-7-3-2-4-8-18/h3,5-9,16,19-20H,2,4,10-15H2,1H3. The molecule has 0 radical (unpaired) electrons. The fourth-order valence-corrected chi connectivity index (χ4v) is 4.90. The third kappa shape index (κ3) is 3.66. The lowest BCUT2D eigenvalue weighted by Crippen LogP contribution is -2.29. The molecule has 3 aliphatic rings. The first kappa shape index (κ1) is 18.3. The Bertz CT molecular complexity index is 987. The van der Waals surface area contributed by atoms with E-state index in [9.17, 15) is 4.79 Å². The van der Waals surface area contributed by atoms with Crippen LogP contribution in [0.3, 0.4) is 0 Å². The number of amides is 1. The van der Waals surface area contributed by atoms with Crippen LogP contribution in [0.4, 0.5) is 0 Å². The second-order valence-corrected chi connectivity index (χ2v) is 8.55. The van der Waals surface area contributed by atoms with E-state index in [0.29, 0.717) is 17.5 Å². The Kier molecular flexibility index (Phi) is 4.82. The molecule has 5 heteroatoms. The largest absolute Gasteiger partial charge is 0.337 e. The van der Waals surface area contributed by atoms with E-state index in [1.165, 1.54) is 5.57 Å². The molecule has 2 unspecified atom stereocenters. The summed E-state index contributed by atoms with van der Waals surface area (Å²) in [7, 11) is 0. The second kappa shape index (κ2) is 7.62. The van der Waals surface area contributed by atoms with Crippen molar-refractivity contribution in [3.63, 3.8) is 0 Å². The predicted octanol–water partition coefficient (Wildman–Crippen LogP) is 4.06. The number of fused-ring (bicyclic) bond motifs is 1. The molecule has 0 aromatic carbocycles. The molecule has 2 atom stereocenters. The molecule has 1 fully saturated rings. The first-order valence-corrected chi connectivity index (χ1v) is 10.8. The van der Waals surface area contributed by atoms with Gasteiger partial charge in [0.05, 0.1) is 0 Å². The fourth-order valence-electron chi connectivity index (χ4n) is 4.90. The van der Waals surface area contributed by atoms with Crippen LogP contribution in [0.1, 0.15) is 59.3 Å². The Balaban J connectivity index is 1.28. The molecule has 5 rings (SSSR count). The van der Waals surface area contributed by atoms with Gasteiger partial charge in [-0.1, -0.05) is 24.3 Å². The molecule has 5 nitrogen and oxygen atoms in total. The van der Waals surface area contributed by atoms with Gasteiger partial charge in [-0.2, -0.15) is 0 Å². The van der Waals surface area contributed by atoms with Crippen molar-refractivity contribution in [3.8, 4) is 0 Å². The molecule has 2 aromatic rings. The van der Waals surface area contributed by atoms with E-state index < -0.39 is 0 Å². The molecule has 0 N–H and O–H groups in total. The zero-order chi connectivity index (χ0) is 19.8. The van der Waals surface area contributed by atoms with Gasteiger partial charge in [0.2, 0.25) is 0 Å². The Labute approximate surface area is 172 Å². The highest BCUT2D eigenvalue weighted by Crippen LogP contribution is 2.30. The molecular formula is C24H28N4O. The molecular weight excluding hydrogens is 360 g/mol. The van der Waals surface area contributed by atoms with Crippen LogP contribution >= 0.6 is 0 Å². The summed E-state index contributed by atoms with van der Waals surface area (Å²) in [5.41, 5.74) is 4.21.